The van der Waals surface area contributed by atoms with Gasteiger partial charge in [-0.25, -0.2) is 9.59 Å². The van der Waals surface area contributed by atoms with Crippen molar-refractivity contribution in [2.24, 2.45) is 5.16 Å². The van der Waals surface area contributed by atoms with Crippen molar-refractivity contribution in [1.82, 2.24) is 0 Å². The third kappa shape index (κ3) is 6.01. The van der Waals surface area contributed by atoms with Crippen LogP contribution >= 0.6 is 11.6 Å². The zero-order valence-electron chi connectivity index (χ0n) is 18.4. The van der Waals surface area contributed by atoms with E-state index >= 15 is 0 Å². The standard InChI is InChI=1S/C23H25ClN2O6/c1-6-12-32-25-16(3)17-10-11-21(15(2)13-17)31-14-18-19(24)8-7-9-20(18)26(22(27)29-4)23(28)30-5/h6-11,13H,1,12,14H2,2-5H3. The van der Waals surface area contributed by atoms with Crippen molar-refractivity contribution in [3.63, 3.8) is 0 Å². The number of hydrogen-bond acceptors (Lipinski definition) is 7. The number of aryl methyl sites for hydroxylation is 1. The summed E-state index contributed by atoms with van der Waals surface area (Å²) in [6.45, 7) is 7.62. The van der Waals surface area contributed by atoms with Crippen LogP contribution in [0.5, 0.6) is 5.75 Å². The summed E-state index contributed by atoms with van der Waals surface area (Å²) in [7, 11) is 2.33. The Kier molecular flexibility index (Phi) is 9.09. The molecule has 2 rings (SSSR count). The van der Waals surface area contributed by atoms with Crippen LogP contribution in [0.25, 0.3) is 0 Å². The van der Waals surface area contributed by atoms with Gasteiger partial charge >= 0.3 is 12.2 Å². The van der Waals surface area contributed by atoms with Gasteiger partial charge in [-0.2, -0.15) is 4.90 Å². The third-order valence-electron chi connectivity index (χ3n) is 4.41. The number of halogens is 1. The fourth-order valence-electron chi connectivity index (χ4n) is 2.78. The summed E-state index contributed by atoms with van der Waals surface area (Å²) in [6, 6.07) is 10.4. The molecule has 0 aliphatic heterocycles. The van der Waals surface area contributed by atoms with E-state index in [2.05, 4.69) is 11.7 Å². The first-order valence-corrected chi connectivity index (χ1v) is 9.96. The summed E-state index contributed by atoms with van der Waals surface area (Å²) < 4.78 is 15.4. The van der Waals surface area contributed by atoms with Crippen LogP contribution < -0.4 is 9.64 Å². The molecule has 0 N–H and O–H groups in total. The Morgan fingerprint density at radius 3 is 2.44 bits per heavy atom. The molecule has 0 fully saturated rings. The van der Waals surface area contributed by atoms with Crippen molar-refractivity contribution in [1.29, 1.82) is 0 Å². The Morgan fingerprint density at radius 1 is 1.16 bits per heavy atom. The van der Waals surface area contributed by atoms with Crippen molar-refractivity contribution >= 4 is 35.2 Å². The molecule has 2 aromatic carbocycles. The molecule has 0 saturated carbocycles. The Hall–Kier alpha value is -3.52. The van der Waals surface area contributed by atoms with Crippen LogP contribution in [-0.2, 0) is 20.9 Å². The van der Waals surface area contributed by atoms with Crippen LogP contribution in [-0.4, -0.2) is 38.7 Å². The summed E-state index contributed by atoms with van der Waals surface area (Å²) in [5, 5.41) is 4.35. The molecule has 0 radical (unpaired) electrons. The molecule has 0 bridgehead atoms. The molecule has 0 aliphatic carbocycles. The number of carbonyl (C=O) groups is 2. The highest BCUT2D eigenvalue weighted by molar-refractivity contribution is 6.32. The molecule has 8 nitrogen and oxygen atoms in total. The Bertz CT molecular complexity index is 1010. The van der Waals surface area contributed by atoms with Gasteiger partial charge in [-0.15, -0.1) is 0 Å². The average Bonchev–Trinajstić information content (AvgIpc) is 2.79. The van der Waals surface area contributed by atoms with Crippen LogP contribution in [0.1, 0.15) is 23.6 Å². The molecule has 0 heterocycles. The quantitative estimate of drug-likeness (QED) is 0.224. The SMILES string of the molecule is C=CCON=C(C)c1ccc(OCc2c(Cl)cccc2N(C(=O)OC)C(=O)OC)c(C)c1. The molecule has 2 amide bonds. The van der Waals surface area contributed by atoms with E-state index in [1.807, 2.05) is 26.0 Å². The number of benzene rings is 2. The predicted molar refractivity (Wildman–Crippen MR) is 123 cm³/mol. The number of carbonyl (C=O) groups excluding carboxylic acids is 2. The zero-order chi connectivity index (χ0) is 23.7. The molecule has 32 heavy (non-hydrogen) atoms. The zero-order valence-corrected chi connectivity index (χ0v) is 19.1. The van der Waals surface area contributed by atoms with Crippen LogP contribution in [0.3, 0.4) is 0 Å². The van der Waals surface area contributed by atoms with Gasteiger partial charge in [0.1, 0.15) is 19.0 Å². The molecule has 0 spiro atoms. The largest absolute Gasteiger partial charge is 0.488 e. The topological polar surface area (TPSA) is 86.7 Å². The second-order valence-corrected chi connectivity index (χ2v) is 6.95. The van der Waals surface area contributed by atoms with Crippen molar-refractivity contribution < 1.29 is 28.6 Å². The molecule has 170 valence electrons. The maximum Gasteiger partial charge on any atom is 0.423 e. The molecule has 0 saturated heterocycles. The van der Waals surface area contributed by atoms with E-state index in [0.717, 1.165) is 30.2 Å². The fourth-order valence-corrected chi connectivity index (χ4v) is 3.00. The summed E-state index contributed by atoms with van der Waals surface area (Å²) in [5.41, 5.74) is 3.06. The van der Waals surface area contributed by atoms with Gasteiger partial charge in [0.2, 0.25) is 0 Å². The highest BCUT2D eigenvalue weighted by Gasteiger charge is 2.28. The number of hydrogen-bond donors (Lipinski definition) is 0. The first kappa shape index (κ1) is 24.7. The van der Waals surface area contributed by atoms with Crippen LogP contribution in [0.15, 0.2) is 54.2 Å². The fraction of sp³-hybridized carbons (Fsp3) is 0.261. The highest BCUT2D eigenvalue weighted by Crippen LogP contribution is 2.31. The maximum atomic E-state index is 12.2. The minimum Gasteiger partial charge on any atom is -0.488 e. The van der Waals surface area contributed by atoms with E-state index in [0.29, 0.717) is 28.7 Å². The maximum absolute atomic E-state index is 12.2. The Labute approximate surface area is 192 Å². The summed E-state index contributed by atoms with van der Waals surface area (Å²) >= 11 is 6.35. The first-order chi connectivity index (χ1) is 15.3. The average molecular weight is 461 g/mol. The lowest BCUT2D eigenvalue weighted by Crippen LogP contribution is -2.37. The van der Waals surface area contributed by atoms with Crippen molar-refractivity contribution in [3.05, 3.63) is 70.8 Å². The van der Waals surface area contributed by atoms with E-state index in [1.54, 1.807) is 30.3 Å². The number of oxime groups is 1. The van der Waals surface area contributed by atoms with Gasteiger partial charge in [0, 0.05) is 10.6 Å². The monoisotopic (exact) mass is 460 g/mol. The number of anilines is 1. The number of methoxy groups -OCH3 is 2. The van der Waals surface area contributed by atoms with Crippen LogP contribution in [0.2, 0.25) is 5.02 Å². The van der Waals surface area contributed by atoms with Crippen LogP contribution in [0.4, 0.5) is 15.3 Å². The molecule has 0 unspecified atom stereocenters. The first-order valence-electron chi connectivity index (χ1n) is 9.58. The summed E-state index contributed by atoms with van der Waals surface area (Å²) in [6.07, 6.45) is -0.201. The smallest absolute Gasteiger partial charge is 0.423 e. The van der Waals surface area contributed by atoms with Gasteiger partial charge in [-0.05, 0) is 55.3 Å². The minimum atomic E-state index is -0.908. The lowest BCUT2D eigenvalue weighted by Gasteiger charge is -2.22. The Balaban J connectivity index is 2.29. The Morgan fingerprint density at radius 2 is 1.84 bits per heavy atom. The summed E-state index contributed by atoms with van der Waals surface area (Å²) in [4.78, 5) is 30.3. The van der Waals surface area contributed by atoms with Gasteiger partial charge in [-0.1, -0.05) is 35.5 Å². The molecule has 0 aromatic heterocycles. The second-order valence-electron chi connectivity index (χ2n) is 6.54. The van der Waals surface area contributed by atoms with Gasteiger partial charge in [0.15, 0.2) is 0 Å². The molecule has 0 aliphatic rings. The van der Waals surface area contributed by atoms with E-state index in [-0.39, 0.29) is 12.3 Å². The normalized spacial score (nSPS) is 10.8. The van der Waals surface area contributed by atoms with Gasteiger partial charge < -0.3 is 19.0 Å². The number of nitrogens with zero attached hydrogens (tertiary/aromatic N) is 2. The molecular formula is C23H25ClN2O6. The molecule has 2 aromatic rings. The second kappa shape index (κ2) is 11.8. The van der Waals surface area contributed by atoms with Gasteiger partial charge in [0.05, 0.1) is 25.6 Å². The third-order valence-corrected chi connectivity index (χ3v) is 4.76. The van der Waals surface area contributed by atoms with Crippen molar-refractivity contribution in [3.8, 4) is 5.75 Å². The lowest BCUT2D eigenvalue weighted by molar-refractivity contribution is 0.159. The number of imide groups is 1. The van der Waals surface area contributed by atoms with Gasteiger partial charge in [0.25, 0.3) is 0 Å². The van der Waals surface area contributed by atoms with Crippen molar-refractivity contribution in [2.45, 2.75) is 20.5 Å². The van der Waals surface area contributed by atoms with E-state index in [9.17, 15) is 9.59 Å². The van der Waals surface area contributed by atoms with E-state index < -0.39 is 12.2 Å². The number of rotatable bonds is 8. The minimum absolute atomic E-state index is 0.00476. The number of ether oxygens (including phenoxy) is 3. The molecular weight excluding hydrogens is 436 g/mol. The highest BCUT2D eigenvalue weighted by atomic mass is 35.5. The molecule has 9 heteroatoms. The lowest BCUT2D eigenvalue weighted by atomic mass is 10.1. The number of amides is 2. The molecule has 0 atom stereocenters. The van der Waals surface area contributed by atoms with E-state index in [4.69, 9.17) is 30.6 Å². The van der Waals surface area contributed by atoms with Crippen molar-refractivity contribution in [2.75, 3.05) is 25.7 Å². The predicted octanol–water partition coefficient (Wildman–Crippen LogP) is 5.49. The van der Waals surface area contributed by atoms with Gasteiger partial charge in [-0.3, -0.25) is 0 Å². The summed E-state index contributed by atoms with van der Waals surface area (Å²) in [5.74, 6) is 0.599. The van der Waals surface area contributed by atoms with Crippen LogP contribution in [0, 0.1) is 6.92 Å². The van der Waals surface area contributed by atoms with E-state index in [1.165, 1.54) is 0 Å².